The second-order valence-corrected chi connectivity index (χ2v) is 4.13. The van der Waals surface area contributed by atoms with Crippen LogP contribution in [0.15, 0.2) is 67.0 Å². The highest BCUT2D eigenvalue weighted by molar-refractivity contribution is 5.91. The van der Waals surface area contributed by atoms with Gasteiger partial charge >= 0.3 is 5.97 Å². The van der Waals surface area contributed by atoms with Crippen molar-refractivity contribution in [2.75, 3.05) is 0 Å². The second-order valence-electron chi connectivity index (χ2n) is 4.13. The Balaban J connectivity index is 1.87. The summed E-state index contributed by atoms with van der Waals surface area (Å²) in [5.74, 6) is 0.165. The molecule has 0 amide bonds. The monoisotopic (exact) mass is 249 g/mol. The van der Waals surface area contributed by atoms with Gasteiger partial charge in [0.1, 0.15) is 5.75 Å². The van der Waals surface area contributed by atoms with E-state index in [0.29, 0.717) is 11.3 Å². The van der Waals surface area contributed by atoms with E-state index in [-0.39, 0.29) is 5.97 Å². The van der Waals surface area contributed by atoms with E-state index >= 15 is 0 Å². The fourth-order valence-electron chi connectivity index (χ4n) is 1.88. The number of rotatable bonds is 2. The van der Waals surface area contributed by atoms with Crippen LogP contribution in [-0.2, 0) is 0 Å². The van der Waals surface area contributed by atoms with Gasteiger partial charge in [-0.05, 0) is 35.0 Å². The Kier molecular flexibility index (Phi) is 2.94. The van der Waals surface area contributed by atoms with Crippen molar-refractivity contribution in [1.29, 1.82) is 0 Å². The van der Waals surface area contributed by atoms with Gasteiger partial charge in [0.05, 0.1) is 5.56 Å². The molecule has 0 radical (unpaired) electrons. The molecular formula is C16H11NO2. The molecule has 1 heterocycles. The zero-order valence-corrected chi connectivity index (χ0v) is 10.1. The molecule has 0 aliphatic heterocycles. The fraction of sp³-hybridized carbons (Fsp3) is 0. The van der Waals surface area contributed by atoms with Crippen LogP contribution in [0.25, 0.3) is 10.8 Å². The van der Waals surface area contributed by atoms with Crippen molar-refractivity contribution in [1.82, 2.24) is 4.98 Å². The van der Waals surface area contributed by atoms with Gasteiger partial charge in [-0.3, -0.25) is 4.98 Å². The van der Waals surface area contributed by atoms with E-state index in [4.69, 9.17) is 4.74 Å². The van der Waals surface area contributed by atoms with Crippen LogP contribution in [0.1, 0.15) is 10.4 Å². The zero-order chi connectivity index (χ0) is 13.1. The van der Waals surface area contributed by atoms with Gasteiger partial charge in [0.15, 0.2) is 0 Å². The molecule has 3 nitrogen and oxygen atoms in total. The summed E-state index contributed by atoms with van der Waals surface area (Å²) in [6.45, 7) is 0. The van der Waals surface area contributed by atoms with Crippen molar-refractivity contribution in [3.05, 3.63) is 72.6 Å². The van der Waals surface area contributed by atoms with E-state index in [1.165, 1.54) is 0 Å². The minimum Gasteiger partial charge on any atom is -0.423 e. The van der Waals surface area contributed by atoms with Crippen molar-refractivity contribution < 1.29 is 9.53 Å². The lowest BCUT2D eigenvalue weighted by Crippen LogP contribution is -2.08. The predicted octanol–water partition coefficient (Wildman–Crippen LogP) is 3.45. The van der Waals surface area contributed by atoms with Crippen LogP contribution in [0.5, 0.6) is 5.75 Å². The molecule has 0 atom stereocenters. The van der Waals surface area contributed by atoms with E-state index in [2.05, 4.69) is 4.98 Å². The Morgan fingerprint density at radius 3 is 2.42 bits per heavy atom. The molecule has 0 fully saturated rings. The highest BCUT2D eigenvalue weighted by Crippen LogP contribution is 2.21. The number of pyridine rings is 1. The van der Waals surface area contributed by atoms with Gasteiger partial charge in [0.25, 0.3) is 0 Å². The topological polar surface area (TPSA) is 39.2 Å². The molecule has 0 unspecified atom stereocenters. The van der Waals surface area contributed by atoms with Gasteiger partial charge in [-0.2, -0.15) is 0 Å². The molecule has 19 heavy (non-hydrogen) atoms. The number of fused-ring (bicyclic) bond motifs is 1. The summed E-state index contributed by atoms with van der Waals surface area (Å²) < 4.78 is 5.34. The van der Waals surface area contributed by atoms with Crippen molar-refractivity contribution in [3.63, 3.8) is 0 Å². The minimum absolute atomic E-state index is 0.377. The first-order valence-electron chi connectivity index (χ1n) is 5.94. The number of carbonyl (C=O) groups is 1. The van der Waals surface area contributed by atoms with E-state index in [1.807, 2.05) is 36.4 Å². The predicted molar refractivity (Wildman–Crippen MR) is 73.1 cm³/mol. The van der Waals surface area contributed by atoms with Gasteiger partial charge < -0.3 is 4.74 Å². The van der Waals surface area contributed by atoms with Crippen LogP contribution >= 0.6 is 0 Å². The maximum absolute atomic E-state index is 11.9. The number of hydrogen-bond acceptors (Lipinski definition) is 3. The highest BCUT2D eigenvalue weighted by Gasteiger charge is 2.08. The Morgan fingerprint density at radius 1 is 0.895 bits per heavy atom. The second kappa shape index (κ2) is 4.90. The number of nitrogens with zero attached hydrogens (tertiary/aromatic N) is 1. The third kappa shape index (κ3) is 2.45. The van der Waals surface area contributed by atoms with E-state index < -0.39 is 0 Å². The van der Waals surface area contributed by atoms with Crippen LogP contribution in [0.4, 0.5) is 0 Å². The third-order valence-electron chi connectivity index (χ3n) is 2.85. The average Bonchev–Trinajstić information content (AvgIpc) is 2.48. The van der Waals surface area contributed by atoms with Crippen LogP contribution in [0.3, 0.4) is 0 Å². The summed E-state index contributed by atoms with van der Waals surface area (Å²) in [6, 6.07) is 16.8. The highest BCUT2D eigenvalue weighted by atomic mass is 16.5. The first-order chi connectivity index (χ1) is 9.33. The number of esters is 1. The molecule has 0 aliphatic rings. The Bertz CT molecular complexity index is 723. The Labute approximate surface area is 110 Å². The number of hydrogen-bond donors (Lipinski definition) is 0. The van der Waals surface area contributed by atoms with Crippen LogP contribution in [0, 0.1) is 0 Å². The van der Waals surface area contributed by atoms with Gasteiger partial charge in [0.2, 0.25) is 0 Å². The molecule has 1 aromatic heterocycles. The standard InChI is InChI=1S/C16H11NO2/c18-16(13-7-9-17-10-8-13)19-15-6-5-12-3-1-2-4-14(12)11-15/h1-11H. The first kappa shape index (κ1) is 11.4. The van der Waals surface area contributed by atoms with Gasteiger partial charge in [-0.15, -0.1) is 0 Å². The summed E-state index contributed by atoms with van der Waals surface area (Å²) in [4.78, 5) is 15.8. The molecule has 3 heteroatoms. The number of aromatic nitrogens is 1. The van der Waals surface area contributed by atoms with Gasteiger partial charge in [-0.25, -0.2) is 4.79 Å². The summed E-state index contributed by atoms with van der Waals surface area (Å²) in [5.41, 5.74) is 0.489. The molecule has 2 aromatic carbocycles. The molecule has 3 aromatic rings. The lowest BCUT2D eigenvalue weighted by Gasteiger charge is -2.05. The van der Waals surface area contributed by atoms with E-state index in [1.54, 1.807) is 30.6 Å². The van der Waals surface area contributed by atoms with Crippen LogP contribution in [-0.4, -0.2) is 11.0 Å². The first-order valence-corrected chi connectivity index (χ1v) is 5.94. The minimum atomic E-state index is -0.377. The van der Waals surface area contributed by atoms with Gasteiger partial charge in [-0.1, -0.05) is 30.3 Å². The summed E-state index contributed by atoms with van der Waals surface area (Å²) in [5, 5.41) is 2.16. The van der Waals surface area contributed by atoms with Crippen LogP contribution in [0.2, 0.25) is 0 Å². The smallest absolute Gasteiger partial charge is 0.343 e. The average molecular weight is 249 g/mol. The molecular weight excluding hydrogens is 238 g/mol. The molecule has 0 spiro atoms. The van der Waals surface area contributed by atoms with Crippen molar-refractivity contribution in [2.24, 2.45) is 0 Å². The summed E-state index contributed by atoms with van der Waals surface area (Å²) in [7, 11) is 0. The van der Waals surface area contributed by atoms with Crippen LogP contribution < -0.4 is 4.74 Å². The maximum atomic E-state index is 11.9. The molecule has 92 valence electrons. The fourth-order valence-corrected chi connectivity index (χ4v) is 1.88. The quantitative estimate of drug-likeness (QED) is 0.515. The SMILES string of the molecule is O=C(Oc1ccc2ccccc2c1)c1ccncc1. The van der Waals surface area contributed by atoms with E-state index in [9.17, 15) is 4.79 Å². The van der Waals surface area contributed by atoms with Crippen molar-refractivity contribution in [3.8, 4) is 5.75 Å². The summed E-state index contributed by atoms with van der Waals surface area (Å²) in [6.07, 6.45) is 3.13. The van der Waals surface area contributed by atoms with Crippen molar-refractivity contribution in [2.45, 2.75) is 0 Å². The molecule has 0 saturated heterocycles. The largest absolute Gasteiger partial charge is 0.423 e. The van der Waals surface area contributed by atoms with Crippen molar-refractivity contribution >= 4 is 16.7 Å². The molecule has 0 aliphatic carbocycles. The molecule has 0 saturated carbocycles. The maximum Gasteiger partial charge on any atom is 0.343 e. The zero-order valence-electron chi connectivity index (χ0n) is 10.1. The number of carbonyl (C=O) groups excluding carboxylic acids is 1. The Hall–Kier alpha value is -2.68. The molecule has 0 N–H and O–H groups in total. The lowest BCUT2D eigenvalue weighted by atomic mass is 10.1. The summed E-state index contributed by atoms with van der Waals surface area (Å²) >= 11 is 0. The number of benzene rings is 2. The Morgan fingerprint density at radius 2 is 1.63 bits per heavy atom. The normalized spacial score (nSPS) is 10.3. The lowest BCUT2D eigenvalue weighted by molar-refractivity contribution is 0.0735. The number of ether oxygens (including phenoxy) is 1. The van der Waals surface area contributed by atoms with E-state index in [0.717, 1.165) is 10.8 Å². The molecule has 3 rings (SSSR count). The third-order valence-corrected chi connectivity index (χ3v) is 2.85. The molecule has 0 bridgehead atoms. The van der Waals surface area contributed by atoms with Gasteiger partial charge in [0, 0.05) is 12.4 Å².